The van der Waals surface area contributed by atoms with E-state index < -0.39 is 0 Å². The van der Waals surface area contributed by atoms with Crippen molar-refractivity contribution >= 4 is 23.2 Å². The summed E-state index contributed by atoms with van der Waals surface area (Å²) in [4.78, 5) is 13.3. The molecule has 0 saturated heterocycles. The molecule has 0 aliphatic heterocycles. The summed E-state index contributed by atoms with van der Waals surface area (Å²) in [5.74, 6) is 0.0408. The fourth-order valence-corrected chi connectivity index (χ4v) is 2.01. The zero-order chi connectivity index (χ0) is 13.5. The number of halogens is 1. The van der Waals surface area contributed by atoms with Gasteiger partial charge in [0.2, 0.25) is 5.91 Å². The van der Waals surface area contributed by atoms with Crippen LogP contribution in [0.5, 0.6) is 0 Å². The number of benzene rings is 1. The van der Waals surface area contributed by atoms with Crippen LogP contribution in [0.3, 0.4) is 0 Å². The third-order valence-electron chi connectivity index (χ3n) is 2.81. The van der Waals surface area contributed by atoms with Crippen LogP contribution in [-0.4, -0.2) is 33.6 Å². The molecule has 0 bridgehead atoms. The first-order chi connectivity index (χ1) is 8.60. The molecule has 5 heteroatoms. The minimum Gasteiger partial charge on any atom is -0.374 e. The summed E-state index contributed by atoms with van der Waals surface area (Å²) in [6.07, 6.45) is 0.471. The van der Waals surface area contributed by atoms with Gasteiger partial charge in [-0.2, -0.15) is 0 Å². The van der Waals surface area contributed by atoms with E-state index in [1.807, 2.05) is 37.2 Å². The lowest BCUT2D eigenvalue weighted by Crippen LogP contribution is -2.27. The molecule has 1 aromatic carbocycles. The molecule has 0 heterocycles. The first-order valence-electron chi connectivity index (χ1n) is 5.93. The third-order valence-corrected chi connectivity index (χ3v) is 3.17. The number of hydrogen-bond donors (Lipinski definition) is 2. The molecule has 0 fully saturated rings. The maximum Gasteiger partial charge on any atom is 0.221 e. The van der Waals surface area contributed by atoms with E-state index in [2.05, 4.69) is 10.6 Å². The Morgan fingerprint density at radius 2 is 2.11 bits per heavy atom. The zero-order valence-electron chi connectivity index (χ0n) is 11.1. The van der Waals surface area contributed by atoms with Crippen molar-refractivity contribution < 1.29 is 4.79 Å². The molecule has 0 spiro atoms. The van der Waals surface area contributed by atoms with Gasteiger partial charge in [0.15, 0.2) is 0 Å². The molecule has 2 N–H and O–H groups in total. The molecule has 100 valence electrons. The highest BCUT2D eigenvalue weighted by Crippen LogP contribution is 2.26. The Morgan fingerprint density at radius 1 is 1.39 bits per heavy atom. The molecular weight excluding hydrogens is 250 g/mol. The number of anilines is 1. The van der Waals surface area contributed by atoms with Crippen LogP contribution >= 0.6 is 11.6 Å². The molecule has 18 heavy (non-hydrogen) atoms. The smallest absolute Gasteiger partial charge is 0.221 e. The standard InChI is InChI=1S/C13H20ClN3O/c1-15-9-10-11(14)5-4-6-12(10)17(3)8-7-13(18)16-2/h4-6,15H,7-9H2,1-3H3,(H,16,18). The van der Waals surface area contributed by atoms with E-state index >= 15 is 0 Å². The number of carbonyl (C=O) groups is 1. The summed E-state index contributed by atoms with van der Waals surface area (Å²) in [7, 11) is 5.50. The van der Waals surface area contributed by atoms with Gasteiger partial charge in [0.1, 0.15) is 0 Å². The number of carbonyl (C=O) groups excluding carboxylic acids is 1. The van der Waals surface area contributed by atoms with Crippen LogP contribution < -0.4 is 15.5 Å². The number of amides is 1. The first-order valence-corrected chi connectivity index (χ1v) is 6.31. The van der Waals surface area contributed by atoms with Gasteiger partial charge in [-0.1, -0.05) is 17.7 Å². The number of hydrogen-bond acceptors (Lipinski definition) is 3. The fraction of sp³-hybridized carbons (Fsp3) is 0.462. The van der Waals surface area contributed by atoms with Crippen molar-refractivity contribution in [3.63, 3.8) is 0 Å². The van der Waals surface area contributed by atoms with E-state index in [1.54, 1.807) is 7.05 Å². The largest absolute Gasteiger partial charge is 0.374 e. The second-order valence-electron chi connectivity index (χ2n) is 4.11. The highest BCUT2D eigenvalue weighted by molar-refractivity contribution is 6.31. The van der Waals surface area contributed by atoms with Crippen molar-refractivity contribution in [1.82, 2.24) is 10.6 Å². The predicted octanol–water partition coefficient (Wildman–Crippen LogP) is 1.63. The van der Waals surface area contributed by atoms with E-state index in [1.165, 1.54) is 0 Å². The average molecular weight is 270 g/mol. The Morgan fingerprint density at radius 3 is 2.72 bits per heavy atom. The van der Waals surface area contributed by atoms with Gasteiger partial charge >= 0.3 is 0 Å². The SMILES string of the molecule is CNCc1c(Cl)cccc1N(C)CCC(=O)NC. The molecular formula is C13H20ClN3O. The molecule has 0 atom stereocenters. The summed E-state index contributed by atoms with van der Waals surface area (Å²) in [6, 6.07) is 5.82. The van der Waals surface area contributed by atoms with Crippen molar-refractivity contribution in [3.8, 4) is 0 Å². The highest BCUT2D eigenvalue weighted by atomic mass is 35.5. The molecule has 0 radical (unpaired) electrons. The molecule has 0 aliphatic carbocycles. The summed E-state index contributed by atoms with van der Waals surface area (Å²) >= 11 is 6.20. The number of nitrogens with one attached hydrogen (secondary N) is 2. The fourth-order valence-electron chi connectivity index (χ4n) is 1.77. The van der Waals surface area contributed by atoms with Crippen LogP contribution in [0.2, 0.25) is 5.02 Å². The van der Waals surface area contributed by atoms with Crippen LogP contribution in [0, 0.1) is 0 Å². The average Bonchev–Trinajstić information content (AvgIpc) is 2.38. The molecule has 1 amide bonds. The topological polar surface area (TPSA) is 44.4 Å². The second kappa shape index (κ2) is 7.24. The van der Waals surface area contributed by atoms with Crippen LogP contribution in [0.25, 0.3) is 0 Å². The van der Waals surface area contributed by atoms with Crippen molar-refractivity contribution in [3.05, 3.63) is 28.8 Å². The van der Waals surface area contributed by atoms with E-state index in [0.717, 1.165) is 16.3 Å². The third kappa shape index (κ3) is 3.89. The molecule has 0 unspecified atom stereocenters. The Hall–Kier alpha value is -1.26. The quantitative estimate of drug-likeness (QED) is 0.825. The van der Waals surface area contributed by atoms with Crippen LogP contribution in [0.4, 0.5) is 5.69 Å². The molecule has 1 rings (SSSR count). The minimum atomic E-state index is 0.0408. The molecule has 0 saturated carbocycles. The van der Waals surface area contributed by atoms with Gasteiger partial charge in [-0.05, 0) is 19.2 Å². The van der Waals surface area contributed by atoms with Gasteiger partial charge in [0, 0.05) is 49.9 Å². The van der Waals surface area contributed by atoms with Crippen molar-refractivity contribution in [2.45, 2.75) is 13.0 Å². The van der Waals surface area contributed by atoms with E-state index in [4.69, 9.17) is 11.6 Å². The van der Waals surface area contributed by atoms with Gasteiger partial charge in [-0.25, -0.2) is 0 Å². The maximum atomic E-state index is 11.2. The Labute approximate surface area is 113 Å². The van der Waals surface area contributed by atoms with E-state index in [-0.39, 0.29) is 5.91 Å². The molecule has 1 aromatic rings. The van der Waals surface area contributed by atoms with Gasteiger partial charge in [-0.15, -0.1) is 0 Å². The summed E-state index contributed by atoms with van der Waals surface area (Å²) in [6.45, 7) is 1.37. The molecule has 0 aromatic heterocycles. The monoisotopic (exact) mass is 269 g/mol. The summed E-state index contributed by atoms with van der Waals surface area (Å²) in [5.41, 5.74) is 2.11. The van der Waals surface area contributed by atoms with Crippen LogP contribution in [-0.2, 0) is 11.3 Å². The maximum absolute atomic E-state index is 11.2. The Balaban J connectivity index is 2.81. The molecule has 0 aliphatic rings. The highest BCUT2D eigenvalue weighted by Gasteiger charge is 2.11. The Bertz CT molecular complexity index is 409. The van der Waals surface area contributed by atoms with Gasteiger partial charge < -0.3 is 15.5 Å². The number of rotatable bonds is 6. The van der Waals surface area contributed by atoms with Crippen molar-refractivity contribution in [2.24, 2.45) is 0 Å². The number of nitrogens with zero attached hydrogens (tertiary/aromatic N) is 1. The normalized spacial score (nSPS) is 10.2. The van der Waals surface area contributed by atoms with Crippen molar-refractivity contribution in [1.29, 1.82) is 0 Å². The molecule has 4 nitrogen and oxygen atoms in total. The minimum absolute atomic E-state index is 0.0408. The Kier molecular flexibility index (Phi) is 5.95. The summed E-state index contributed by atoms with van der Waals surface area (Å²) < 4.78 is 0. The lowest BCUT2D eigenvalue weighted by molar-refractivity contribution is -0.120. The van der Waals surface area contributed by atoms with E-state index in [9.17, 15) is 4.79 Å². The van der Waals surface area contributed by atoms with Crippen LogP contribution in [0.15, 0.2) is 18.2 Å². The predicted molar refractivity (Wildman–Crippen MR) is 76.2 cm³/mol. The summed E-state index contributed by atoms with van der Waals surface area (Å²) in [5, 5.41) is 6.47. The lowest BCUT2D eigenvalue weighted by Gasteiger charge is -2.23. The van der Waals surface area contributed by atoms with Gasteiger partial charge in [0.25, 0.3) is 0 Å². The lowest BCUT2D eigenvalue weighted by atomic mass is 10.1. The van der Waals surface area contributed by atoms with E-state index in [0.29, 0.717) is 19.5 Å². The zero-order valence-corrected chi connectivity index (χ0v) is 11.8. The van der Waals surface area contributed by atoms with Gasteiger partial charge in [-0.3, -0.25) is 4.79 Å². The van der Waals surface area contributed by atoms with Crippen LogP contribution in [0.1, 0.15) is 12.0 Å². The van der Waals surface area contributed by atoms with Crippen molar-refractivity contribution in [2.75, 3.05) is 32.6 Å². The second-order valence-corrected chi connectivity index (χ2v) is 4.52. The van der Waals surface area contributed by atoms with Gasteiger partial charge in [0.05, 0.1) is 0 Å². The first kappa shape index (κ1) is 14.8.